The first-order valence-electron chi connectivity index (χ1n) is 10.5. The summed E-state index contributed by atoms with van der Waals surface area (Å²) in [6.45, 7) is 7.62. The van der Waals surface area contributed by atoms with E-state index in [-0.39, 0.29) is 30.5 Å². The Bertz CT molecular complexity index is 881. The number of hydrogen-bond donors (Lipinski definition) is 2. The number of rotatable bonds is 7. The van der Waals surface area contributed by atoms with Crippen LogP contribution in [0.15, 0.2) is 29.3 Å². The highest BCUT2D eigenvalue weighted by molar-refractivity contribution is 14.0. The molecule has 32 heavy (non-hydrogen) atoms. The van der Waals surface area contributed by atoms with Crippen molar-refractivity contribution in [1.82, 2.24) is 30.3 Å². The molecule has 1 unspecified atom stereocenters. The third-order valence-electron chi connectivity index (χ3n) is 5.71. The predicted octanol–water partition coefficient (Wildman–Crippen LogP) is 3.48. The highest BCUT2D eigenvalue weighted by atomic mass is 127. The second-order valence-electron chi connectivity index (χ2n) is 7.74. The summed E-state index contributed by atoms with van der Waals surface area (Å²) in [4.78, 5) is 7.02. The van der Waals surface area contributed by atoms with E-state index in [0.717, 1.165) is 49.8 Å². The third-order valence-corrected chi connectivity index (χ3v) is 5.71. The van der Waals surface area contributed by atoms with E-state index in [1.165, 1.54) is 18.6 Å². The molecule has 0 bridgehead atoms. The Kier molecular flexibility index (Phi) is 9.74. The van der Waals surface area contributed by atoms with Gasteiger partial charge in [0, 0.05) is 19.6 Å². The fourth-order valence-corrected chi connectivity index (χ4v) is 3.67. The SMILES string of the molecule is CCN1CCCC1CNC(=NCc1ccc(C(F)(F)F)cc1)NCc1nnc(C)n1C.I. The molecule has 1 aromatic carbocycles. The van der Waals surface area contributed by atoms with Gasteiger partial charge in [-0.25, -0.2) is 4.99 Å². The van der Waals surface area contributed by atoms with Gasteiger partial charge in [-0.2, -0.15) is 13.2 Å². The van der Waals surface area contributed by atoms with Crippen LogP contribution in [0.25, 0.3) is 0 Å². The van der Waals surface area contributed by atoms with Gasteiger partial charge in [0.1, 0.15) is 5.82 Å². The predicted molar refractivity (Wildman–Crippen MR) is 129 cm³/mol. The molecule has 1 saturated heterocycles. The number of aromatic nitrogens is 3. The summed E-state index contributed by atoms with van der Waals surface area (Å²) < 4.78 is 40.2. The number of nitrogens with one attached hydrogen (secondary N) is 2. The molecular formula is C21H31F3IN7. The lowest BCUT2D eigenvalue weighted by Crippen LogP contribution is -2.44. The van der Waals surface area contributed by atoms with Crippen molar-refractivity contribution in [1.29, 1.82) is 0 Å². The molecule has 178 valence electrons. The summed E-state index contributed by atoms with van der Waals surface area (Å²) >= 11 is 0. The number of guanidine groups is 1. The Labute approximate surface area is 203 Å². The van der Waals surface area contributed by atoms with Gasteiger partial charge < -0.3 is 15.2 Å². The normalized spacial score (nSPS) is 17.3. The summed E-state index contributed by atoms with van der Waals surface area (Å²) in [5, 5.41) is 14.9. The summed E-state index contributed by atoms with van der Waals surface area (Å²) in [6.07, 6.45) is -2.02. The van der Waals surface area contributed by atoms with Crippen molar-refractivity contribution in [2.45, 2.75) is 52.0 Å². The van der Waals surface area contributed by atoms with E-state index < -0.39 is 11.7 Å². The van der Waals surface area contributed by atoms with Crippen molar-refractivity contribution >= 4 is 29.9 Å². The molecule has 2 aromatic rings. The molecule has 2 heterocycles. The molecule has 1 fully saturated rings. The molecule has 0 aliphatic carbocycles. The smallest absolute Gasteiger partial charge is 0.355 e. The molecule has 0 amide bonds. The quantitative estimate of drug-likeness (QED) is 0.306. The lowest BCUT2D eigenvalue weighted by molar-refractivity contribution is -0.137. The fraction of sp³-hybridized carbons (Fsp3) is 0.571. The Morgan fingerprint density at radius 1 is 1.19 bits per heavy atom. The Morgan fingerprint density at radius 3 is 2.50 bits per heavy atom. The first-order chi connectivity index (χ1) is 14.8. The van der Waals surface area contributed by atoms with Crippen LogP contribution in [0.4, 0.5) is 13.2 Å². The van der Waals surface area contributed by atoms with Crippen molar-refractivity contribution < 1.29 is 13.2 Å². The van der Waals surface area contributed by atoms with Crippen molar-refractivity contribution in [2.24, 2.45) is 12.0 Å². The lowest BCUT2D eigenvalue weighted by atomic mass is 10.1. The molecule has 1 aromatic heterocycles. The van der Waals surface area contributed by atoms with Gasteiger partial charge in [-0.1, -0.05) is 19.1 Å². The van der Waals surface area contributed by atoms with Gasteiger partial charge in [0.15, 0.2) is 11.8 Å². The number of aryl methyl sites for hydroxylation is 1. The van der Waals surface area contributed by atoms with Crippen LogP contribution in [0.2, 0.25) is 0 Å². The van der Waals surface area contributed by atoms with Crippen molar-refractivity contribution in [3.05, 3.63) is 47.0 Å². The van der Waals surface area contributed by atoms with Gasteiger partial charge in [-0.3, -0.25) is 4.90 Å². The van der Waals surface area contributed by atoms with Crippen molar-refractivity contribution in [3.63, 3.8) is 0 Å². The molecule has 1 aliphatic heterocycles. The van der Waals surface area contributed by atoms with Gasteiger partial charge in [-0.05, 0) is 50.6 Å². The molecule has 0 radical (unpaired) electrons. The van der Waals surface area contributed by atoms with Crippen LogP contribution in [0.3, 0.4) is 0 Å². The molecule has 1 aliphatic rings. The van der Waals surface area contributed by atoms with Crippen LogP contribution in [0.1, 0.15) is 42.5 Å². The van der Waals surface area contributed by atoms with Crippen LogP contribution >= 0.6 is 24.0 Å². The third kappa shape index (κ3) is 7.06. The number of benzene rings is 1. The fourth-order valence-electron chi connectivity index (χ4n) is 3.67. The van der Waals surface area contributed by atoms with Crippen LogP contribution < -0.4 is 10.6 Å². The number of nitrogens with zero attached hydrogens (tertiary/aromatic N) is 5. The number of alkyl halides is 3. The summed E-state index contributed by atoms with van der Waals surface area (Å²) in [5.41, 5.74) is 0.0508. The maximum absolute atomic E-state index is 12.8. The molecular weight excluding hydrogens is 534 g/mol. The molecule has 7 nitrogen and oxygen atoms in total. The van der Waals surface area contributed by atoms with E-state index in [9.17, 15) is 13.2 Å². The van der Waals surface area contributed by atoms with Crippen LogP contribution in [-0.4, -0.2) is 51.3 Å². The Hall–Kier alpha value is -1.89. The number of aliphatic imine (C=N–C) groups is 1. The topological polar surface area (TPSA) is 70.4 Å². The van der Waals surface area contributed by atoms with E-state index in [1.54, 1.807) is 0 Å². The minimum atomic E-state index is -4.34. The maximum Gasteiger partial charge on any atom is 0.416 e. The van der Waals surface area contributed by atoms with Gasteiger partial charge in [0.25, 0.3) is 0 Å². The number of likely N-dealkylation sites (tertiary alicyclic amines) is 1. The standard InChI is InChI=1S/C21H30F3N7.HI/c1-4-31-11-5-6-18(31)13-26-20(27-14-19-29-28-15(2)30(19)3)25-12-16-7-9-17(10-8-16)21(22,23)24;/h7-10,18H,4-6,11-14H2,1-3H3,(H2,25,26,27);1H. The summed E-state index contributed by atoms with van der Waals surface area (Å²) in [6, 6.07) is 5.55. The number of hydrogen-bond acceptors (Lipinski definition) is 4. The zero-order valence-corrected chi connectivity index (χ0v) is 20.9. The Balaban J connectivity index is 0.00000363. The van der Waals surface area contributed by atoms with E-state index in [4.69, 9.17) is 0 Å². The van der Waals surface area contributed by atoms with Gasteiger partial charge >= 0.3 is 6.18 Å². The van der Waals surface area contributed by atoms with E-state index in [2.05, 4.69) is 37.6 Å². The zero-order valence-electron chi connectivity index (χ0n) is 18.6. The van der Waals surface area contributed by atoms with Gasteiger partial charge in [-0.15, -0.1) is 34.2 Å². The first-order valence-corrected chi connectivity index (χ1v) is 10.5. The van der Waals surface area contributed by atoms with Crippen LogP contribution in [-0.2, 0) is 26.3 Å². The molecule has 0 spiro atoms. The summed E-state index contributed by atoms with van der Waals surface area (Å²) in [7, 11) is 1.90. The minimum absolute atomic E-state index is 0. The molecule has 2 N–H and O–H groups in total. The van der Waals surface area contributed by atoms with Crippen molar-refractivity contribution in [2.75, 3.05) is 19.6 Å². The van der Waals surface area contributed by atoms with Crippen molar-refractivity contribution in [3.8, 4) is 0 Å². The van der Waals surface area contributed by atoms with E-state index in [1.807, 2.05) is 18.5 Å². The lowest BCUT2D eigenvalue weighted by Gasteiger charge is -2.24. The monoisotopic (exact) mass is 565 g/mol. The molecule has 3 rings (SSSR count). The second kappa shape index (κ2) is 11.8. The van der Waals surface area contributed by atoms with Gasteiger partial charge in [0.2, 0.25) is 0 Å². The van der Waals surface area contributed by atoms with Crippen LogP contribution in [0.5, 0.6) is 0 Å². The second-order valence-corrected chi connectivity index (χ2v) is 7.74. The maximum atomic E-state index is 12.8. The Morgan fingerprint density at radius 2 is 1.91 bits per heavy atom. The highest BCUT2D eigenvalue weighted by Crippen LogP contribution is 2.29. The number of halogens is 4. The largest absolute Gasteiger partial charge is 0.416 e. The zero-order chi connectivity index (χ0) is 22.4. The van der Waals surface area contributed by atoms with Gasteiger partial charge in [0.05, 0.1) is 18.7 Å². The average Bonchev–Trinajstić information content (AvgIpc) is 3.33. The van der Waals surface area contributed by atoms with E-state index in [0.29, 0.717) is 24.1 Å². The molecule has 0 saturated carbocycles. The van der Waals surface area contributed by atoms with Crippen LogP contribution in [0, 0.1) is 6.92 Å². The molecule has 11 heteroatoms. The first kappa shape index (κ1) is 26.4. The average molecular weight is 565 g/mol. The highest BCUT2D eigenvalue weighted by Gasteiger charge is 2.29. The molecule has 1 atom stereocenters. The minimum Gasteiger partial charge on any atom is -0.355 e. The van der Waals surface area contributed by atoms with E-state index >= 15 is 0 Å². The number of likely N-dealkylation sites (N-methyl/N-ethyl adjacent to an activating group) is 1. The summed E-state index contributed by atoms with van der Waals surface area (Å²) in [5.74, 6) is 2.19.